The summed E-state index contributed by atoms with van der Waals surface area (Å²) in [6.45, 7) is 0. The Hall–Kier alpha value is -2.85. The number of hydrogen-bond acceptors (Lipinski definition) is 5. The molecular formula is C18H16N4O2S. The van der Waals surface area contributed by atoms with Crippen LogP contribution in [0.15, 0.2) is 35.4 Å². The van der Waals surface area contributed by atoms with Crippen LogP contribution in [0.4, 0.5) is 5.69 Å². The number of nitrogens with zero attached hydrogens (tertiary/aromatic N) is 2. The maximum absolute atomic E-state index is 12.7. The lowest BCUT2D eigenvalue weighted by Crippen LogP contribution is -2.16. The topological polar surface area (TPSA) is 109 Å². The molecule has 6 nitrogen and oxygen atoms in total. The zero-order valence-corrected chi connectivity index (χ0v) is 14.4. The second-order valence-corrected chi connectivity index (χ2v) is 6.56. The standard InChI is InChI=1S/C18H16N4O2S/c1-25-18-14(9-19)13(8-15(22-18)10-2-3-10)17(24)21-12-6-4-11(5-7-12)16(20)23/h4-8,10H,2-3H2,1H3,(H2,20,23)(H,21,24). The number of hydrogen-bond donors (Lipinski definition) is 2. The van der Waals surface area contributed by atoms with Gasteiger partial charge in [-0.2, -0.15) is 5.26 Å². The highest BCUT2D eigenvalue weighted by Crippen LogP contribution is 2.40. The summed E-state index contributed by atoms with van der Waals surface area (Å²) in [6, 6.07) is 10.1. The minimum Gasteiger partial charge on any atom is -0.366 e. The number of primary amides is 1. The Kier molecular flexibility index (Phi) is 4.72. The van der Waals surface area contributed by atoms with Gasteiger partial charge in [0.2, 0.25) is 5.91 Å². The minimum atomic E-state index is -0.530. The fourth-order valence-electron chi connectivity index (χ4n) is 2.48. The van der Waals surface area contributed by atoms with Crippen LogP contribution in [-0.4, -0.2) is 23.1 Å². The first-order chi connectivity index (χ1) is 12.0. The summed E-state index contributed by atoms with van der Waals surface area (Å²) in [5.41, 5.74) is 7.55. The number of benzene rings is 1. The van der Waals surface area contributed by atoms with E-state index in [1.165, 1.54) is 11.8 Å². The molecule has 1 aromatic carbocycles. The number of thioether (sulfide) groups is 1. The molecule has 1 aliphatic rings. The molecule has 1 fully saturated rings. The van der Waals surface area contributed by atoms with Crippen molar-refractivity contribution in [3.05, 3.63) is 52.7 Å². The van der Waals surface area contributed by atoms with Crippen LogP contribution in [0.1, 0.15) is 50.7 Å². The largest absolute Gasteiger partial charge is 0.366 e. The van der Waals surface area contributed by atoms with Gasteiger partial charge in [0.1, 0.15) is 11.1 Å². The molecule has 0 spiro atoms. The number of anilines is 1. The van der Waals surface area contributed by atoms with Gasteiger partial charge in [-0.25, -0.2) is 4.98 Å². The first-order valence-corrected chi connectivity index (χ1v) is 8.96. The lowest BCUT2D eigenvalue weighted by Gasteiger charge is -2.11. The van der Waals surface area contributed by atoms with Crippen molar-refractivity contribution in [1.82, 2.24) is 4.98 Å². The summed E-state index contributed by atoms with van der Waals surface area (Å²) in [5, 5.41) is 12.8. The molecule has 0 aliphatic heterocycles. The number of amides is 2. The van der Waals surface area contributed by atoms with E-state index in [9.17, 15) is 14.9 Å². The molecule has 1 aliphatic carbocycles. The van der Waals surface area contributed by atoms with Crippen molar-refractivity contribution in [2.24, 2.45) is 5.73 Å². The summed E-state index contributed by atoms with van der Waals surface area (Å²) in [6.07, 6.45) is 3.95. The van der Waals surface area contributed by atoms with Crippen molar-refractivity contribution in [2.45, 2.75) is 23.8 Å². The second-order valence-electron chi connectivity index (χ2n) is 5.76. The Labute approximate surface area is 149 Å². The van der Waals surface area contributed by atoms with Crippen LogP contribution in [0.2, 0.25) is 0 Å². The molecular weight excluding hydrogens is 336 g/mol. The monoisotopic (exact) mass is 352 g/mol. The van der Waals surface area contributed by atoms with Crippen molar-refractivity contribution in [2.75, 3.05) is 11.6 Å². The Morgan fingerprint density at radius 3 is 2.52 bits per heavy atom. The second kappa shape index (κ2) is 6.95. The highest BCUT2D eigenvalue weighted by atomic mass is 32.2. The molecule has 7 heteroatoms. The number of aromatic nitrogens is 1. The number of pyridine rings is 1. The van der Waals surface area contributed by atoms with E-state index in [-0.39, 0.29) is 11.5 Å². The van der Waals surface area contributed by atoms with Crippen molar-refractivity contribution < 1.29 is 9.59 Å². The van der Waals surface area contributed by atoms with Gasteiger partial charge >= 0.3 is 0 Å². The maximum Gasteiger partial charge on any atom is 0.257 e. The summed E-state index contributed by atoms with van der Waals surface area (Å²) in [4.78, 5) is 28.3. The molecule has 0 bridgehead atoms. The summed E-state index contributed by atoms with van der Waals surface area (Å²) >= 11 is 1.36. The van der Waals surface area contributed by atoms with Crippen LogP contribution in [0.5, 0.6) is 0 Å². The lowest BCUT2D eigenvalue weighted by molar-refractivity contribution is 0.0998. The van der Waals surface area contributed by atoms with E-state index in [4.69, 9.17) is 5.73 Å². The van der Waals surface area contributed by atoms with Crippen LogP contribution in [0.3, 0.4) is 0 Å². The molecule has 126 valence electrons. The van der Waals surface area contributed by atoms with Crippen molar-refractivity contribution in [3.63, 3.8) is 0 Å². The lowest BCUT2D eigenvalue weighted by atomic mass is 10.1. The Morgan fingerprint density at radius 2 is 2.00 bits per heavy atom. The van der Waals surface area contributed by atoms with Crippen molar-refractivity contribution in [1.29, 1.82) is 5.26 Å². The summed E-state index contributed by atoms with van der Waals surface area (Å²) in [5.74, 6) is -0.527. The van der Waals surface area contributed by atoms with Crippen LogP contribution in [0, 0.1) is 11.3 Å². The minimum absolute atomic E-state index is 0.281. The normalized spacial score (nSPS) is 13.1. The van der Waals surface area contributed by atoms with E-state index in [0.717, 1.165) is 18.5 Å². The molecule has 0 unspecified atom stereocenters. The highest BCUT2D eigenvalue weighted by molar-refractivity contribution is 7.98. The van der Waals surface area contributed by atoms with E-state index in [1.54, 1.807) is 30.3 Å². The van der Waals surface area contributed by atoms with E-state index in [1.807, 2.05) is 6.26 Å². The molecule has 0 atom stereocenters. The van der Waals surface area contributed by atoms with Gasteiger partial charge < -0.3 is 11.1 Å². The van der Waals surface area contributed by atoms with E-state index < -0.39 is 5.91 Å². The zero-order chi connectivity index (χ0) is 18.0. The Morgan fingerprint density at radius 1 is 1.32 bits per heavy atom. The quantitative estimate of drug-likeness (QED) is 0.804. The molecule has 1 heterocycles. The van der Waals surface area contributed by atoms with Gasteiger partial charge in [-0.1, -0.05) is 0 Å². The van der Waals surface area contributed by atoms with E-state index in [0.29, 0.717) is 27.8 Å². The van der Waals surface area contributed by atoms with Gasteiger partial charge in [0.25, 0.3) is 5.91 Å². The third kappa shape index (κ3) is 3.64. The molecule has 1 saturated carbocycles. The van der Waals surface area contributed by atoms with Crippen LogP contribution < -0.4 is 11.1 Å². The molecule has 2 amide bonds. The van der Waals surface area contributed by atoms with Crippen molar-refractivity contribution in [3.8, 4) is 6.07 Å². The summed E-state index contributed by atoms with van der Waals surface area (Å²) < 4.78 is 0. The fourth-order valence-corrected chi connectivity index (χ4v) is 3.04. The SMILES string of the molecule is CSc1nc(C2CC2)cc(C(=O)Nc2ccc(C(N)=O)cc2)c1C#N. The number of nitriles is 1. The Balaban J connectivity index is 1.91. The van der Waals surface area contributed by atoms with Gasteiger partial charge in [0.15, 0.2) is 0 Å². The average Bonchev–Trinajstić information content (AvgIpc) is 3.46. The number of carbonyl (C=O) groups is 2. The van der Waals surface area contributed by atoms with Crippen molar-refractivity contribution >= 4 is 29.3 Å². The molecule has 25 heavy (non-hydrogen) atoms. The van der Waals surface area contributed by atoms with Crippen LogP contribution in [-0.2, 0) is 0 Å². The van der Waals surface area contributed by atoms with Crippen LogP contribution in [0.25, 0.3) is 0 Å². The Bertz CT molecular complexity index is 883. The molecule has 0 radical (unpaired) electrons. The highest BCUT2D eigenvalue weighted by Gasteiger charge is 2.28. The summed E-state index contributed by atoms with van der Waals surface area (Å²) in [7, 11) is 0. The van der Waals surface area contributed by atoms with E-state index in [2.05, 4.69) is 16.4 Å². The van der Waals surface area contributed by atoms with E-state index >= 15 is 0 Å². The zero-order valence-electron chi connectivity index (χ0n) is 13.6. The predicted molar refractivity (Wildman–Crippen MR) is 95.6 cm³/mol. The number of rotatable bonds is 5. The third-order valence-corrected chi connectivity index (χ3v) is 4.66. The third-order valence-electron chi connectivity index (χ3n) is 3.98. The maximum atomic E-state index is 12.7. The van der Waals surface area contributed by atoms with Gasteiger partial charge in [-0.15, -0.1) is 11.8 Å². The van der Waals surface area contributed by atoms with Crippen LogP contribution >= 0.6 is 11.8 Å². The average molecular weight is 352 g/mol. The first kappa shape index (κ1) is 17.0. The predicted octanol–water partition coefficient (Wildman–Crippen LogP) is 2.90. The van der Waals surface area contributed by atoms with Gasteiger partial charge in [0, 0.05) is 22.9 Å². The molecule has 3 N–H and O–H groups in total. The molecule has 3 rings (SSSR count). The number of nitrogens with one attached hydrogen (secondary N) is 1. The molecule has 0 saturated heterocycles. The number of carbonyl (C=O) groups excluding carboxylic acids is 2. The van der Waals surface area contributed by atoms with Gasteiger partial charge in [-0.3, -0.25) is 9.59 Å². The fraction of sp³-hybridized carbons (Fsp3) is 0.222. The first-order valence-electron chi connectivity index (χ1n) is 7.73. The van der Waals surface area contributed by atoms with Gasteiger partial charge in [-0.05, 0) is 49.4 Å². The van der Waals surface area contributed by atoms with Gasteiger partial charge in [0.05, 0.1) is 11.1 Å². The molecule has 1 aromatic heterocycles. The number of nitrogens with two attached hydrogens (primary N) is 1. The molecule has 2 aromatic rings. The smallest absolute Gasteiger partial charge is 0.257 e.